The average molecular weight is 455 g/mol. The lowest BCUT2D eigenvalue weighted by atomic mass is 10.3. The number of nitrogens with zero attached hydrogens (tertiary/aromatic N) is 3. The number of aromatic nitrogens is 2. The molecule has 1 aromatic carbocycles. The lowest BCUT2D eigenvalue weighted by Gasteiger charge is -2.22. The molecule has 7 nitrogen and oxygen atoms in total. The summed E-state index contributed by atoms with van der Waals surface area (Å²) in [6.07, 6.45) is 0.994. The largest absolute Gasteiger partial charge is 0.299 e. The molecular formula is C14H16Cl2N4O3S3. The number of hydrogen-bond acceptors (Lipinski definition) is 7. The number of amides is 1. The molecule has 0 unspecified atom stereocenters. The van der Waals surface area contributed by atoms with Gasteiger partial charge in [0, 0.05) is 10.3 Å². The van der Waals surface area contributed by atoms with E-state index in [1.54, 1.807) is 0 Å². The second-order valence-corrected chi connectivity index (χ2v) is 11.0. The number of anilines is 2. The summed E-state index contributed by atoms with van der Waals surface area (Å²) in [5.74, 6) is -0.557. The summed E-state index contributed by atoms with van der Waals surface area (Å²) in [7, 11) is -3.74. The van der Waals surface area contributed by atoms with Gasteiger partial charge in [-0.25, -0.2) is 8.42 Å². The Bertz CT molecular complexity index is 903. The van der Waals surface area contributed by atoms with Crippen LogP contribution in [-0.2, 0) is 14.8 Å². The van der Waals surface area contributed by atoms with Crippen molar-refractivity contribution in [2.75, 3.05) is 22.4 Å². The summed E-state index contributed by atoms with van der Waals surface area (Å²) in [4.78, 5) is 12.3. The minimum Gasteiger partial charge on any atom is -0.299 e. The molecule has 2 rings (SSSR count). The number of benzene rings is 1. The van der Waals surface area contributed by atoms with Crippen LogP contribution in [0.15, 0.2) is 22.5 Å². The SMILES string of the molecule is CC(C)Sc1nnc(NC(=O)CN(c2ccc(Cl)cc2Cl)S(C)(=O)=O)s1. The fourth-order valence-corrected chi connectivity index (χ4v) is 5.28. The van der Waals surface area contributed by atoms with Crippen LogP contribution in [0.25, 0.3) is 0 Å². The van der Waals surface area contributed by atoms with Crippen molar-refractivity contribution in [1.82, 2.24) is 10.2 Å². The molecule has 0 saturated carbocycles. The maximum absolute atomic E-state index is 12.3. The molecule has 0 saturated heterocycles. The molecule has 26 heavy (non-hydrogen) atoms. The highest BCUT2D eigenvalue weighted by atomic mass is 35.5. The number of carbonyl (C=O) groups excluding carboxylic acids is 1. The Morgan fingerprint density at radius 3 is 2.62 bits per heavy atom. The van der Waals surface area contributed by atoms with Crippen LogP contribution >= 0.6 is 46.3 Å². The van der Waals surface area contributed by atoms with Gasteiger partial charge in [0.2, 0.25) is 21.1 Å². The third kappa shape index (κ3) is 5.98. The van der Waals surface area contributed by atoms with Crippen molar-refractivity contribution in [3.63, 3.8) is 0 Å². The van der Waals surface area contributed by atoms with Gasteiger partial charge in [0.1, 0.15) is 6.54 Å². The van der Waals surface area contributed by atoms with Crippen LogP contribution in [0.1, 0.15) is 13.8 Å². The number of halogens is 2. The van der Waals surface area contributed by atoms with Crippen LogP contribution < -0.4 is 9.62 Å². The topological polar surface area (TPSA) is 92.3 Å². The minimum atomic E-state index is -3.74. The van der Waals surface area contributed by atoms with Gasteiger partial charge in [-0.3, -0.25) is 14.4 Å². The highest BCUT2D eigenvalue weighted by Gasteiger charge is 2.24. The van der Waals surface area contributed by atoms with Crippen molar-refractivity contribution < 1.29 is 13.2 Å². The molecule has 0 fully saturated rings. The Morgan fingerprint density at radius 2 is 2.04 bits per heavy atom. The van der Waals surface area contributed by atoms with E-state index in [2.05, 4.69) is 15.5 Å². The van der Waals surface area contributed by atoms with Crippen molar-refractivity contribution in [1.29, 1.82) is 0 Å². The number of carbonyl (C=O) groups is 1. The van der Waals surface area contributed by atoms with Gasteiger partial charge in [0.15, 0.2) is 4.34 Å². The zero-order chi connectivity index (χ0) is 19.5. The van der Waals surface area contributed by atoms with E-state index in [9.17, 15) is 13.2 Å². The van der Waals surface area contributed by atoms with Crippen molar-refractivity contribution in [2.24, 2.45) is 0 Å². The molecule has 0 aliphatic heterocycles. The number of thioether (sulfide) groups is 1. The molecule has 1 amide bonds. The molecule has 0 bridgehead atoms. The molecule has 142 valence electrons. The first-order valence-electron chi connectivity index (χ1n) is 7.29. The van der Waals surface area contributed by atoms with Crippen LogP contribution in [-0.4, -0.2) is 42.6 Å². The van der Waals surface area contributed by atoms with Crippen molar-refractivity contribution in [3.05, 3.63) is 28.2 Å². The standard InChI is InChI=1S/C14H16Cl2N4O3S3/c1-8(2)24-14-19-18-13(25-14)17-12(21)7-20(26(3,22)23)11-5-4-9(15)6-10(11)16/h4-6,8H,7H2,1-3H3,(H,17,18,21). The monoisotopic (exact) mass is 454 g/mol. The van der Waals surface area contributed by atoms with E-state index in [0.717, 1.165) is 14.9 Å². The van der Waals surface area contributed by atoms with E-state index in [4.69, 9.17) is 23.2 Å². The normalized spacial score (nSPS) is 11.6. The maximum atomic E-state index is 12.3. The van der Waals surface area contributed by atoms with Crippen molar-refractivity contribution in [3.8, 4) is 0 Å². The molecule has 12 heteroatoms. The zero-order valence-electron chi connectivity index (χ0n) is 14.1. The maximum Gasteiger partial charge on any atom is 0.246 e. The van der Waals surface area contributed by atoms with Crippen LogP contribution in [0.4, 0.5) is 10.8 Å². The van der Waals surface area contributed by atoms with Gasteiger partial charge < -0.3 is 0 Å². The molecule has 2 aromatic rings. The lowest BCUT2D eigenvalue weighted by Crippen LogP contribution is -2.37. The van der Waals surface area contributed by atoms with Crippen LogP contribution in [0.5, 0.6) is 0 Å². The smallest absolute Gasteiger partial charge is 0.246 e. The average Bonchev–Trinajstić information content (AvgIpc) is 2.90. The molecule has 0 atom stereocenters. The number of rotatable bonds is 7. The highest BCUT2D eigenvalue weighted by Crippen LogP contribution is 2.31. The second kappa shape index (κ2) is 8.75. The van der Waals surface area contributed by atoms with Gasteiger partial charge in [0.05, 0.1) is 17.0 Å². The van der Waals surface area contributed by atoms with Crippen molar-refractivity contribution >= 4 is 73.0 Å². The molecule has 1 heterocycles. The van der Waals surface area contributed by atoms with Gasteiger partial charge in [-0.2, -0.15) is 0 Å². The fraction of sp³-hybridized carbons (Fsp3) is 0.357. The summed E-state index contributed by atoms with van der Waals surface area (Å²) in [5, 5.41) is 11.5. The Balaban J connectivity index is 2.16. The minimum absolute atomic E-state index is 0.127. The van der Waals surface area contributed by atoms with E-state index >= 15 is 0 Å². The van der Waals surface area contributed by atoms with Gasteiger partial charge in [0.25, 0.3) is 0 Å². The molecule has 0 aliphatic carbocycles. The Morgan fingerprint density at radius 1 is 1.35 bits per heavy atom. The molecule has 0 spiro atoms. The van der Waals surface area contributed by atoms with Crippen molar-refractivity contribution in [2.45, 2.75) is 23.4 Å². The van der Waals surface area contributed by atoms with E-state index in [-0.39, 0.29) is 10.7 Å². The highest BCUT2D eigenvalue weighted by molar-refractivity contribution is 8.01. The summed E-state index contributed by atoms with van der Waals surface area (Å²) in [6, 6.07) is 4.36. The third-order valence-electron chi connectivity index (χ3n) is 2.86. The number of sulfonamides is 1. The molecule has 1 N–H and O–H groups in total. The molecule has 1 aromatic heterocycles. The Hall–Kier alpha value is -1.07. The molecule has 0 aliphatic rings. The summed E-state index contributed by atoms with van der Waals surface area (Å²) in [6.45, 7) is 3.58. The first kappa shape index (κ1) is 21.2. The van der Waals surface area contributed by atoms with Gasteiger partial charge in [-0.1, -0.05) is 60.1 Å². The van der Waals surface area contributed by atoms with Crippen LogP contribution in [0.2, 0.25) is 10.0 Å². The van der Waals surface area contributed by atoms with Crippen LogP contribution in [0.3, 0.4) is 0 Å². The zero-order valence-corrected chi connectivity index (χ0v) is 18.0. The fourth-order valence-electron chi connectivity index (χ4n) is 1.86. The summed E-state index contributed by atoms with van der Waals surface area (Å²) in [5.41, 5.74) is 0.169. The number of hydrogen-bond donors (Lipinski definition) is 1. The second-order valence-electron chi connectivity index (χ2n) is 5.45. The number of nitrogens with one attached hydrogen (secondary N) is 1. The van der Waals surface area contributed by atoms with Crippen LogP contribution in [0, 0.1) is 0 Å². The predicted octanol–water partition coefficient (Wildman–Crippen LogP) is 3.75. The first-order valence-corrected chi connectivity index (χ1v) is 11.6. The van der Waals surface area contributed by atoms with E-state index in [1.165, 1.54) is 41.3 Å². The van der Waals surface area contributed by atoms with Gasteiger partial charge >= 0.3 is 0 Å². The molecular weight excluding hydrogens is 439 g/mol. The quantitative estimate of drug-likeness (QED) is 0.505. The van der Waals surface area contributed by atoms with E-state index in [0.29, 0.717) is 15.4 Å². The lowest BCUT2D eigenvalue weighted by molar-refractivity contribution is -0.114. The van der Waals surface area contributed by atoms with Gasteiger partial charge in [-0.05, 0) is 18.2 Å². The Labute approximate surface area is 170 Å². The predicted molar refractivity (Wildman–Crippen MR) is 108 cm³/mol. The molecule has 0 radical (unpaired) electrons. The van der Waals surface area contributed by atoms with Gasteiger partial charge in [-0.15, -0.1) is 10.2 Å². The summed E-state index contributed by atoms with van der Waals surface area (Å²) < 4.78 is 25.8. The summed E-state index contributed by atoms with van der Waals surface area (Å²) >= 11 is 14.7. The Kier molecular flexibility index (Phi) is 7.14. The third-order valence-corrected chi connectivity index (χ3v) is 6.45. The van der Waals surface area contributed by atoms with E-state index in [1.807, 2.05) is 13.8 Å². The van der Waals surface area contributed by atoms with E-state index < -0.39 is 22.5 Å². The first-order chi connectivity index (χ1) is 12.1.